The molecule has 1 fully saturated rings. The third kappa shape index (κ3) is 3.61. The molecule has 3 aromatic rings. The minimum Gasteiger partial charge on any atom is -0.508 e. The van der Waals surface area contributed by atoms with Gasteiger partial charge in [-0.05, 0) is 48.0 Å². The summed E-state index contributed by atoms with van der Waals surface area (Å²) in [6.07, 6.45) is 0. The molecule has 6 heteroatoms. The molecule has 1 aliphatic heterocycles. The largest absolute Gasteiger partial charge is 0.508 e. The highest BCUT2D eigenvalue weighted by molar-refractivity contribution is 9.10. The van der Waals surface area contributed by atoms with E-state index in [-0.39, 0.29) is 11.4 Å². The van der Waals surface area contributed by atoms with Crippen molar-refractivity contribution in [2.45, 2.75) is 6.54 Å². The van der Waals surface area contributed by atoms with Gasteiger partial charge in [0.1, 0.15) is 11.3 Å². The Kier molecular flexibility index (Phi) is 4.70. The number of nitrogens with zero attached hydrogens (tertiary/aromatic N) is 2. The molecule has 0 bridgehead atoms. The molecular weight excluding hydrogens is 396 g/mol. The lowest BCUT2D eigenvalue weighted by Gasteiger charge is -2.36. The van der Waals surface area contributed by atoms with Crippen LogP contribution in [0.1, 0.15) is 5.56 Å². The number of halogens is 1. The van der Waals surface area contributed by atoms with Crippen molar-refractivity contribution in [3.05, 3.63) is 69.0 Å². The molecule has 1 aromatic heterocycles. The number of phenolic OH excluding ortho intramolecular Hbond substituents is 1. The monoisotopic (exact) mass is 414 g/mol. The van der Waals surface area contributed by atoms with E-state index in [9.17, 15) is 9.90 Å². The van der Waals surface area contributed by atoms with E-state index >= 15 is 0 Å². The fourth-order valence-electron chi connectivity index (χ4n) is 3.40. The first kappa shape index (κ1) is 17.1. The topological polar surface area (TPSA) is 56.9 Å². The summed E-state index contributed by atoms with van der Waals surface area (Å²) >= 11 is 3.42. The Morgan fingerprint density at radius 3 is 2.46 bits per heavy atom. The summed E-state index contributed by atoms with van der Waals surface area (Å²) in [5, 5.41) is 10.4. The van der Waals surface area contributed by atoms with E-state index in [1.54, 1.807) is 18.2 Å². The van der Waals surface area contributed by atoms with Gasteiger partial charge in [0.25, 0.3) is 0 Å². The predicted octanol–water partition coefficient (Wildman–Crippen LogP) is 3.58. The number of aromatic hydroxyl groups is 1. The van der Waals surface area contributed by atoms with Gasteiger partial charge in [0, 0.05) is 54.3 Å². The van der Waals surface area contributed by atoms with Crippen molar-refractivity contribution in [2.75, 3.05) is 31.1 Å². The van der Waals surface area contributed by atoms with Crippen molar-refractivity contribution in [1.82, 2.24) is 4.90 Å². The third-order valence-corrected chi connectivity index (χ3v) is 5.27. The molecule has 0 atom stereocenters. The van der Waals surface area contributed by atoms with Crippen LogP contribution >= 0.6 is 15.9 Å². The maximum atomic E-state index is 11.9. The van der Waals surface area contributed by atoms with Gasteiger partial charge < -0.3 is 14.4 Å². The molecule has 0 radical (unpaired) electrons. The van der Waals surface area contributed by atoms with Crippen LogP contribution in [0, 0.1) is 0 Å². The fourth-order valence-corrected chi connectivity index (χ4v) is 3.74. The minimum atomic E-state index is -0.312. The van der Waals surface area contributed by atoms with Crippen LogP contribution in [-0.2, 0) is 6.54 Å². The quantitative estimate of drug-likeness (QED) is 0.663. The zero-order valence-electron chi connectivity index (χ0n) is 14.2. The summed E-state index contributed by atoms with van der Waals surface area (Å²) < 4.78 is 6.22. The maximum Gasteiger partial charge on any atom is 0.336 e. The van der Waals surface area contributed by atoms with Gasteiger partial charge in [-0.15, -0.1) is 0 Å². The summed E-state index contributed by atoms with van der Waals surface area (Å²) in [5.41, 5.74) is 2.43. The lowest BCUT2D eigenvalue weighted by molar-refractivity contribution is 0.250. The van der Waals surface area contributed by atoms with E-state index in [0.29, 0.717) is 5.58 Å². The molecule has 1 aliphatic rings. The highest BCUT2D eigenvalue weighted by Gasteiger charge is 2.18. The van der Waals surface area contributed by atoms with Gasteiger partial charge >= 0.3 is 5.63 Å². The Balaban J connectivity index is 1.48. The number of rotatable bonds is 3. The van der Waals surface area contributed by atoms with Crippen molar-refractivity contribution < 1.29 is 9.52 Å². The first-order valence-electron chi connectivity index (χ1n) is 8.57. The van der Waals surface area contributed by atoms with E-state index < -0.39 is 0 Å². The van der Waals surface area contributed by atoms with Crippen molar-refractivity contribution in [2.24, 2.45) is 0 Å². The van der Waals surface area contributed by atoms with Crippen LogP contribution in [0.5, 0.6) is 5.75 Å². The molecule has 4 rings (SSSR count). The van der Waals surface area contributed by atoms with Crippen molar-refractivity contribution >= 4 is 32.6 Å². The molecule has 2 heterocycles. The standard InChI is InChI=1S/C20H19BrN2O3/c21-15-1-6-18-14(11-20(25)26-19(18)12-15)13-22-7-9-23(10-8-22)16-2-4-17(24)5-3-16/h1-6,11-12,24H,7-10,13H2. The Bertz CT molecular complexity index is 977. The van der Waals surface area contributed by atoms with Crippen LogP contribution in [0.3, 0.4) is 0 Å². The van der Waals surface area contributed by atoms with Crippen LogP contribution in [0.25, 0.3) is 11.0 Å². The van der Waals surface area contributed by atoms with Gasteiger partial charge in [-0.2, -0.15) is 0 Å². The molecule has 0 aliphatic carbocycles. The van der Waals surface area contributed by atoms with E-state index in [1.807, 2.05) is 30.3 Å². The van der Waals surface area contributed by atoms with E-state index in [0.717, 1.165) is 53.8 Å². The molecular formula is C20H19BrN2O3. The SMILES string of the molecule is O=c1cc(CN2CCN(c3ccc(O)cc3)CC2)c2ccc(Br)cc2o1. The van der Waals surface area contributed by atoms with Crippen molar-refractivity contribution in [3.8, 4) is 5.75 Å². The van der Waals surface area contributed by atoms with Crippen LogP contribution in [0.2, 0.25) is 0 Å². The van der Waals surface area contributed by atoms with Crippen LogP contribution in [-0.4, -0.2) is 36.2 Å². The molecule has 0 amide bonds. The molecule has 0 unspecified atom stereocenters. The highest BCUT2D eigenvalue weighted by Crippen LogP contribution is 2.24. The first-order valence-corrected chi connectivity index (χ1v) is 9.36. The molecule has 26 heavy (non-hydrogen) atoms. The highest BCUT2D eigenvalue weighted by atomic mass is 79.9. The normalized spacial score (nSPS) is 15.5. The average molecular weight is 415 g/mol. The molecule has 5 nitrogen and oxygen atoms in total. The number of hydrogen-bond acceptors (Lipinski definition) is 5. The van der Waals surface area contributed by atoms with Gasteiger partial charge in [-0.25, -0.2) is 4.79 Å². The molecule has 1 N–H and O–H groups in total. The van der Waals surface area contributed by atoms with Gasteiger partial charge in [-0.3, -0.25) is 4.90 Å². The Hall–Kier alpha value is -2.31. The van der Waals surface area contributed by atoms with Crippen LogP contribution < -0.4 is 10.5 Å². The Morgan fingerprint density at radius 2 is 1.73 bits per heavy atom. The molecule has 2 aromatic carbocycles. The van der Waals surface area contributed by atoms with Crippen LogP contribution in [0.15, 0.2) is 62.2 Å². The summed E-state index contributed by atoms with van der Waals surface area (Å²) in [6, 6.07) is 14.7. The first-order chi connectivity index (χ1) is 12.6. The summed E-state index contributed by atoms with van der Waals surface area (Å²) in [5.74, 6) is 0.286. The Labute approximate surface area is 159 Å². The number of fused-ring (bicyclic) bond motifs is 1. The number of anilines is 1. The van der Waals surface area contributed by atoms with Gasteiger partial charge in [-0.1, -0.05) is 15.9 Å². The predicted molar refractivity (Wildman–Crippen MR) is 106 cm³/mol. The summed E-state index contributed by atoms with van der Waals surface area (Å²) in [6.45, 7) is 4.39. The molecule has 1 saturated heterocycles. The number of hydrogen-bond donors (Lipinski definition) is 1. The lowest BCUT2D eigenvalue weighted by atomic mass is 10.1. The van der Waals surface area contributed by atoms with Gasteiger partial charge in [0.15, 0.2) is 0 Å². The third-order valence-electron chi connectivity index (χ3n) is 4.77. The smallest absolute Gasteiger partial charge is 0.336 e. The number of piperazine rings is 1. The minimum absolute atomic E-state index is 0.286. The van der Waals surface area contributed by atoms with E-state index in [4.69, 9.17) is 4.42 Å². The average Bonchev–Trinajstić information content (AvgIpc) is 2.62. The Morgan fingerprint density at radius 1 is 1.00 bits per heavy atom. The second-order valence-corrected chi connectivity index (χ2v) is 7.43. The van der Waals surface area contributed by atoms with Crippen LogP contribution in [0.4, 0.5) is 5.69 Å². The zero-order valence-corrected chi connectivity index (χ0v) is 15.8. The maximum absolute atomic E-state index is 11.9. The van der Waals surface area contributed by atoms with Crippen molar-refractivity contribution in [3.63, 3.8) is 0 Å². The second kappa shape index (κ2) is 7.13. The van der Waals surface area contributed by atoms with Gasteiger partial charge in [0.05, 0.1) is 0 Å². The fraction of sp³-hybridized carbons (Fsp3) is 0.250. The molecule has 0 spiro atoms. The number of benzene rings is 2. The molecule has 134 valence electrons. The summed E-state index contributed by atoms with van der Waals surface area (Å²) in [4.78, 5) is 16.6. The molecule has 0 saturated carbocycles. The summed E-state index contributed by atoms with van der Waals surface area (Å²) in [7, 11) is 0. The second-order valence-electron chi connectivity index (χ2n) is 6.51. The van der Waals surface area contributed by atoms with Crippen molar-refractivity contribution in [1.29, 1.82) is 0 Å². The van der Waals surface area contributed by atoms with E-state index in [2.05, 4.69) is 25.7 Å². The van der Waals surface area contributed by atoms with Gasteiger partial charge in [0.2, 0.25) is 0 Å². The zero-order chi connectivity index (χ0) is 18.1. The van der Waals surface area contributed by atoms with E-state index in [1.165, 1.54) is 0 Å². The number of phenols is 1. The lowest BCUT2D eigenvalue weighted by Crippen LogP contribution is -2.46.